The molecule has 3 rings (SSSR count). The highest BCUT2D eigenvalue weighted by Gasteiger charge is 2.31. The number of carbonyl (C=O) groups is 2. The van der Waals surface area contributed by atoms with E-state index in [1.807, 2.05) is 6.92 Å². The number of nitrogens with one attached hydrogen (secondary N) is 1. The number of carbonyl (C=O) groups excluding carboxylic acids is 2. The Labute approximate surface area is 209 Å². The summed E-state index contributed by atoms with van der Waals surface area (Å²) in [4.78, 5) is 28.2. The molecule has 0 unspecified atom stereocenters. The van der Waals surface area contributed by atoms with E-state index in [-0.39, 0.29) is 35.5 Å². The van der Waals surface area contributed by atoms with Crippen LogP contribution < -0.4 is 5.32 Å². The van der Waals surface area contributed by atoms with Crippen LogP contribution in [-0.4, -0.2) is 28.8 Å². The maximum atomic E-state index is 14.4. The SMILES string of the molecule is CC[C@H](C(=O)NC1CCCCC1)N(Cc1ccc(Cl)c(Cl)c1)C(=O)Cc1c(F)cccc1Cl. The fourth-order valence-corrected chi connectivity index (χ4v) is 4.80. The van der Waals surface area contributed by atoms with Crippen molar-refractivity contribution in [3.05, 3.63) is 68.4 Å². The second kappa shape index (κ2) is 12.0. The summed E-state index contributed by atoms with van der Waals surface area (Å²) >= 11 is 18.4. The van der Waals surface area contributed by atoms with Gasteiger partial charge in [0.15, 0.2) is 0 Å². The van der Waals surface area contributed by atoms with Gasteiger partial charge in [-0.05, 0) is 49.1 Å². The van der Waals surface area contributed by atoms with E-state index in [9.17, 15) is 14.0 Å². The van der Waals surface area contributed by atoms with Gasteiger partial charge < -0.3 is 10.2 Å². The number of hydrogen-bond acceptors (Lipinski definition) is 2. The normalized spacial score (nSPS) is 15.2. The molecule has 2 amide bonds. The van der Waals surface area contributed by atoms with Gasteiger partial charge in [-0.2, -0.15) is 0 Å². The largest absolute Gasteiger partial charge is 0.352 e. The highest BCUT2D eigenvalue weighted by molar-refractivity contribution is 6.42. The average Bonchev–Trinajstić information content (AvgIpc) is 2.79. The third kappa shape index (κ3) is 6.84. The standard InChI is InChI=1S/C25H28Cl3FN2O2/c1-2-23(25(33)30-17-7-4-3-5-8-17)31(15-16-11-12-20(27)21(28)13-16)24(32)14-18-19(26)9-6-10-22(18)29/h6,9-13,17,23H,2-5,7-8,14-15H2,1H3,(H,30,33)/t23-/m1/s1. The van der Waals surface area contributed by atoms with Gasteiger partial charge in [0.2, 0.25) is 11.8 Å². The summed E-state index contributed by atoms with van der Waals surface area (Å²) in [6, 6.07) is 8.80. The van der Waals surface area contributed by atoms with Crippen molar-refractivity contribution in [2.45, 2.75) is 70.5 Å². The zero-order valence-electron chi connectivity index (χ0n) is 18.6. The van der Waals surface area contributed by atoms with Crippen molar-refractivity contribution in [3.8, 4) is 0 Å². The Morgan fingerprint density at radius 3 is 2.42 bits per heavy atom. The summed E-state index contributed by atoms with van der Waals surface area (Å²) < 4.78 is 14.4. The van der Waals surface area contributed by atoms with Crippen molar-refractivity contribution in [1.29, 1.82) is 0 Å². The monoisotopic (exact) mass is 512 g/mol. The molecule has 2 aromatic rings. The van der Waals surface area contributed by atoms with Gasteiger partial charge in [0.25, 0.3) is 0 Å². The minimum Gasteiger partial charge on any atom is -0.352 e. The van der Waals surface area contributed by atoms with Gasteiger partial charge in [0.05, 0.1) is 16.5 Å². The second-order valence-electron chi connectivity index (χ2n) is 8.41. The van der Waals surface area contributed by atoms with Crippen molar-refractivity contribution < 1.29 is 14.0 Å². The Kier molecular flexibility index (Phi) is 9.42. The lowest BCUT2D eigenvalue weighted by Gasteiger charge is -2.33. The summed E-state index contributed by atoms with van der Waals surface area (Å²) in [5, 5.41) is 4.06. The molecule has 8 heteroatoms. The first-order valence-electron chi connectivity index (χ1n) is 11.3. The number of rotatable bonds is 8. The first-order valence-corrected chi connectivity index (χ1v) is 12.4. The van der Waals surface area contributed by atoms with E-state index < -0.39 is 17.8 Å². The van der Waals surface area contributed by atoms with Gasteiger partial charge in [0.1, 0.15) is 11.9 Å². The van der Waals surface area contributed by atoms with Gasteiger partial charge in [-0.1, -0.05) is 73.1 Å². The van der Waals surface area contributed by atoms with Crippen molar-refractivity contribution in [1.82, 2.24) is 10.2 Å². The molecule has 0 bridgehead atoms. The van der Waals surface area contributed by atoms with Gasteiger partial charge in [0, 0.05) is 23.2 Å². The molecule has 178 valence electrons. The second-order valence-corrected chi connectivity index (χ2v) is 9.64. The van der Waals surface area contributed by atoms with Crippen LogP contribution in [0.2, 0.25) is 15.1 Å². The van der Waals surface area contributed by atoms with E-state index in [0.29, 0.717) is 16.5 Å². The molecular weight excluding hydrogens is 486 g/mol. The minimum atomic E-state index is -0.709. The zero-order valence-corrected chi connectivity index (χ0v) is 20.8. The summed E-state index contributed by atoms with van der Waals surface area (Å²) in [6.07, 6.45) is 5.38. The van der Waals surface area contributed by atoms with E-state index in [2.05, 4.69) is 5.32 Å². The van der Waals surface area contributed by atoms with E-state index in [4.69, 9.17) is 34.8 Å². The van der Waals surface area contributed by atoms with Crippen LogP contribution in [0.15, 0.2) is 36.4 Å². The van der Waals surface area contributed by atoms with Gasteiger partial charge in [-0.25, -0.2) is 4.39 Å². The highest BCUT2D eigenvalue weighted by Crippen LogP contribution is 2.26. The van der Waals surface area contributed by atoms with Crippen LogP contribution in [0.4, 0.5) is 4.39 Å². The van der Waals surface area contributed by atoms with Gasteiger partial charge in [-0.15, -0.1) is 0 Å². The predicted molar refractivity (Wildman–Crippen MR) is 131 cm³/mol. The van der Waals surface area contributed by atoms with Gasteiger partial charge >= 0.3 is 0 Å². The maximum absolute atomic E-state index is 14.4. The van der Waals surface area contributed by atoms with E-state index in [1.165, 1.54) is 23.5 Å². The van der Waals surface area contributed by atoms with Crippen LogP contribution in [0, 0.1) is 5.82 Å². The van der Waals surface area contributed by atoms with Gasteiger partial charge in [-0.3, -0.25) is 9.59 Å². The number of amides is 2. The molecule has 1 atom stereocenters. The summed E-state index contributed by atoms with van der Waals surface area (Å²) in [7, 11) is 0. The Hall–Kier alpha value is -1.82. The molecular formula is C25H28Cl3FN2O2. The number of halogens is 4. The van der Waals surface area contributed by atoms with Crippen LogP contribution in [0.3, 0.4) is 0 Å². The lowest BCUT2D eigenvalue weighted by atomic mass is 9.95. The molecule has 4 nitrogen and oxygen atoms in total. The topological polar surface area (TPSA) is 49.4 Å². The van der Waals surface area contributed by atoms with Crippen LogP contribution in [-0.2, 0) is 22.6 Å². The van der Waals surface area contributed by atoms with Crippen LogP contribution in [0.1, 0.15) is 56.6 Å². The van der Waals surface area contributed by atoms with Crippen molar-refractivity contribution in [3.63, 3.8) is 0 Å². The Morgan fingerprint density at radius 1 is 1.06 bits per heavy atom. The minimum absolute atomic E-state index is 0.114. The first-order chi connectivity index (χ1) is 15.8. The maximum Gasteiger partial charge on any atom is 0.243 e. The summed E-state index contributed by atoms with van der Waals surface area (Å²) in [5.41, 5.74) is 0.840. The molecule has 1 aliphatic rings. The molecule has 1 N–H and O–H groups in total. The first kappa shape index (κ1) is 25.8. The van der Waals surface area contributed by atoms with Crippen LogP contribution >= 0.6 is 34.8 Å². The molecule has 0 spiro atoms. The van der Waals surface area contributed by atoms with Crippen molar-refractivity contribution in [2.75, 3.05) is 0 Å². The third-order valence-corrected chi connectivity index (χ3v) is 7.16. The zero-order chi connectivity index (χ0) is 24.0. The molecule has 1 fully saturated rings. The molecule has 0 aromatic heterocycles. The lowest BCUT2D eigenvalue weighted by molar-refractivity contribution is -0.141. The molecule has 0 saturated heterocycles. The molecule has 0 heterocycles. The summed E-state index contributed by atoms with van der Waals surface area (Å²) in [6.45, 7) is 1.99. The fourth-order valence-electron chi connectivity index (χ4n) is 4.25. The third-order valence-electron chi connectivity index (χ3n) is 6.06. The Morgan fingerprint density at radius 2 is 1.79 bits per heavy atom. The molecule has 1 saturated carbocycles. The number of hydrogen-bond donors (Lipinski definition) is 1. The van der Waals surface area contributed by atoms with E-state index in [1.54, 1.807) is 24.3 Å². The number of nitrogens with zero attached hydrogens (tertiary/aromatic N) is 1. The smallest absolute Gasteiger partial charge is 0.243 e. The van der Waals surface area contributed by atoms with Crippen LogP contribution in [0.25, 0.3) is 0 Å². The van der Waals surface area contributed by atoms with Crippen molar-refractivity contribution in [2.24, 2.45) is 0 Å². The summed E-state index contributed by atoms with van der Waals surface area (Å²) in [5.74, 6) is -1.14. The predicted octanol–water partition coefficient (Wildman–Crippen LogP) is 6.58. The average molecular weight is 514 g/mol. The molecule has 1 aliphatic carbocycles. The lowest BCUT2D eigenvalue weighted by Crippen LogP contribution is -2.52. The van der Waals surface area contributed by atoms with Crippen molar-refractivity contribution >= 4 is 46.6 Å². The molecule has 0 radical (unpaired) electrons. The van der Waals surface area contributed by atoms with E-state index >= 15 is 0 Å². The van der Waals surface area contributed by atoms with E-state index in [0.717, 1.165) is 31.2 Å². The quantitative estimate of drug-likeness (QED) is 0.433. The number of benzene rings is 2. The molecule has 33 heavy (non-hydrogen) atoms. The molecule has 0 aliphatic heterocycles. The van der Waals surface area contributed by atoms with Crippen LogP contribution in [0.5, 0.6) is 0 Å². The molecule has 2 aromatic carbocycles. The Balaban J connectivity index is 1.87. The highest BCUT2D eigenvalue weighted by atomic mass is 35.5. The fraction of sp³-hybridized carbons (Fsp3) is 0.440. The Bertz CT molecular complexity index is 975.